The van der Waals surface area contributed by atoms with Gasteiger partial charge in [0.15, 0.2) is 0 Å². The van der Waals surface area contributed by atoms with Crippen LogP contribution in [0.15, 0.2) is 24.3 Å². The zero-order valence-electron chi connectivity index (χ0n) is 11.0. The first-order valence-electron chi connectivity index (χ1n) is 6.19. The van der Waals surface area contributed by atoms with Gasteiger partial charge in [0.2, 0.25) is 0 Å². The van der Waals surface area contributed by atoms with Crippen molar-refractivity contribution in [1.29, 1.82) is 0 Å². The lowest BCUT2D eigenvalue weighted by atomic mass is 9.91. The summed E-state index contributed by atoms with van der Waals surface area (Å²) in [4.78, 5) is 11.5. The summed E-state index contributed by atoms with van der Waals surface area (Å²) in [6, 6.07) is 7.72. The number of para-hydroxylation sites is 1. The average molecular weight is 249 g/mol. The monoisotopic (exact) mass is 249 g/mol. The van der Waals surface area contributed by atoms with Crippen LogP contribution < -0.4 is 10.1 Å². The number of fused-ring (bicyclic) bond motifs is 1. The summed E-state index contributed by atoms with van der Waals surface area (Å²) >= 11 is 0. The maximum absolute atomic E-state index is 11.5. The zero-order chi connectivity index (χ0) is 13.1. The van der Waals surface area contributed by atoms with Gasteiger partial charge >= 0.3 is 5.97 Å². The number of carbonyl (C=O) groups is 1. The van der Waals surface area contributed by atoms with Gasteiger partial charge in [0, 0.05) is 17.5 Å². The van der Waals surface area contributed by atoms with Crippen LogP contribution in [0.4, 0.5) is 0 Å². The van der Waals surface area contributed by atoms with Crippen molar-refractivity contribution in [3.8, 4) is 5.75 Å². The fourth-order valence-corrected chi connectivity index (χ4v) is 2.26. The summed E-state index contributed by atoms with van der Waals surface area (Å²) in [7, 11) is 1.40. The number of methoxy groups -OCH3 is 1. The van der Waals surface area contributed by atoms with Crippen LogP contribution >= 0.6 is 0 Å². The Morgan fingerprint density at radius 1 is 1.50 bits per heavy atom. The Kier molecular flexibility index (Phi) is 3.87. The second-order valence-electron chi connectivity index (χ2n) is 4.72. The Bertz CT molecular complexity index is 433. The van der Waals surface area contributed by atoms with Crippen molar-refractivity contribution in [3.63, 3.8) is 0 Å². The molecule has 2 unspecified atom stereocenters. The van der Waals surface area contributed by atoms with Gasteiger partial charge in [-0.05, 0) is 13.0 Å². The van der Waals surface area contributed by atoms with Crippen molar-refractivity contribution in [2.75, 3.05) is 13.7 Å². The molecule has 4 heteroatoms. The first kappa shape index (κ1) is 12.9. The van der Waals surface area contributed by atoms with Gasteiger partial charge < -0.3 is 9.47 Å². The third kappa shape index (κ3) is 2.48. The molecule has 1 heterocycles. The minimum absolute atomic E-state index is 0.115. The van der Waals surface area contributed by atoms with Crippen LogP contribution in [0.5, 0.6) is 5.75 Å². The highest BCUT2D eigenvalue weighted by molar-refractivity contribution is 5.75. The van der Waals surface area contributed by atoms with Gasteiger partial charge in [-0.15, -0.1) is 0 Å². The van der Waals surface area contributed by atoms with E-state index >= 15 is 0 Å². The fourth-order valence-electron chi connectivity index (χ4n) is 2.26. The Morgan fingerprint density at radius 3 is 2.94 bits per heavy atom. The molecule has 18 heavy (non-hydrogen) atoms. The molecule has 2 rings (SSSR count). The Balaban J connectivity index is 2.19. The predicted octanol–water partition coefficient (Wildman–Crippen LogP) is 1.91. The van der Waals surface area contributed by atoms with Gasteiger partial charge in [-0.3, -0.25) is 10.1 Å². The molecule has 1 aliphatic rings. The van der Waals surface area contributed by atoms with Gasteiger partial charge in [0.1, 0.15) is 11.8 Å². The molecule has 1 N–H and O–H groups in total. The maximum atomic E-state index is 11.5. The van der Waals surface area contributed by atoms with Crippen LogP contribution in [0.25, 0.3) is 0 Å². The minimum Gasteiger partial charge on any atom is -0.493 e. The first-order chi connectivity index (χ1) is 8.63. The number of esters is 1. The second kappa shape index (κ2) is 5.40. The molecule has 0 aromatic heterocycles. The molecule has 0 saturated heterocycles. The number of nitrogens with one attached hydrogen (secondary N) is 1. The molecular weight excluding hydrogens is 230 g/mol. The van der Waals surface area contributed by atoms with E-state index in [0.29, 0.717) is 12.5 Å². The minimum atomic E-state index is -0.325. The summed E-state index contributed by atoms with van der Waals surface area (Å²) in [6.07, 6.45) is 0. The van der Waals surface area contributed by atoms with E-state index < -0.39 is 0 Å². The van der Waals surface area contributed by atoms with E-state index in [1.165, 1.54) is 7.11 Å². The largest absolute Gasteiger partial charge is 0.493 e. The summed E-state index contributed by atoms with van der Waals surface area (Å²) in [5.74, 6) is 0.961. The highest BCUT2D eigenvalue weighted by Crippen LogP contribution is 2.35. The molecule has 1 aromatic rings. The van der Waals surface area contributed by atoms with Gasteiger partial charge in [-0.1, -0.05) is 25.1 Å². The molecular formula is C14H19NO3. The molecule has 0 bridgehead atoms. The number of hydrogen-bond acceptors (Lipinski definition) is 4. The molecule has 0 saturated carbocycles. The van der Waals surface area contributed by atoms with Crippen molar-refractivity contribution >= 4 is 5.97 Å². The predicted molar refractivity (Wildman–Crippen MR) is 68.5 cm³/mol. The molecule has 4 nitrogen and oxygen atoms in total. The quantitative estimate of drug-likeness (QED) is 0.831. The molecule has 98 valence electrons. The standard InChI is InChI=1S/C14H19NO3/c1-9-8-18-12-7-5-4-6-11(12)13(9)15-10(2)14(16)17-3/h4-7,9-10,13,15H,8H2,1-3H3/t9?,10-,13?/m0/s1. The Morgan fingerprint density at radius 2 is 2.22 bits per heavy atom. The number of carbonyl (C=O) groups excluding carboxylic acids is 1. The van der Waals surface area contributed by atoms with Crippen molar-refractivity contribution in [2.45, 2.75) is 25.9 Å². The molecule has 1 aliphatic heterocycles. The lowest BCUT2D eigenvalue weighted by Gasteiger charge is -2.33. The molecule has 0 fully saturated rings. The van der Waals surface area contributed by atoms with Gasteiger partial charge in [-0.25, -0.2) is 0 Å². The SMILES string of the molecule is COC(=O)[C@H](C)NC1c2ccccc2OCC1C. The van der Waals surface area contributed by atoms with Crippen LogP contribution in [-0.2, 0) is 9.53 Å². The summed E-state index contributed by atoms with van der Waals surface area (Å²) in [5.41, 5.74) is 1.10. The maximum Gasteiger partial charge on any atom is 0.322 e. The van der Waals surface area contributed by atoms with Gasteiger partial charge in [-0.2, -0.15) is 0 Å². The second-order valence-corrected chi connectivity index (χ2v) is 4.72. The molecule has 0 spiro atoms. The van der Waals surface area contributed by atoms with E-state index in [1.54, 1.807) is 0 Å². The van der Waals surface area contributed by atoms with Crippen molar-refractivity contribution in [1.82, 2.24) is 5.32 Å². The van der Waals surface area contributed by atoms with Gasteiger partial charge in [0.05, 0.1) is 13.7 Å². The Hall–Kier alpha value is -1.55. The number of benzene rings is 1. The number of ether oxygens (including phenoxy) is 2. The van der Waals surface area contributed by atoms with Crippen molar-refractivity contribution in [2.24, 2.45) is 5.92 Å². The van der Waals surface area contributed by atoms with E-state index in [4.69, 9.17) is 9.47 Å². The van der Waals surface area contributed by atoms with Gasteiger partial charge in [0.25, 0.3) is 0 Å². The normalized spacial score (nSPS) is 23.7. The topological polar surface area (TPSA) is 47.6 Å². The van der Waals surface area contributed by atoms with E-state index in [9.17, 15) is 4.79 Å². The molecule has 1 aromatic carbocycles. The van der Waals surface area contributed by atoms with Crippen LogP contribution in [-0.4, -0.2) is 25.7 Å². The summed E-state index contributed by atoms with van der Waals surface area (Å²) in [6.45, 7) is 4.58. The third-order valence-electron chi connectivity index (χ3n) is 3.31. The van der Waals surface area contributed by atoms with E-state index in [1.807, 2.05) is 31.2 Å². The molecule has 0 amide bonds. The molecule has 0 aliphatic carbocycles. The van der Waals surface area contributed by atoms with Crippen LogP contribution in [0, 0.1) is 5.92 Å². The third-order valence-corrected chi connectivity index (χ3v) is 3.31. The molecule has 0 radical (unpaired) electrons. The highest BCUT2D eigenvalue weighted by Gasteiger charge is 2.30. The van der Waals surface area contributed by atoms with Crippen LogP contribution in [0.3, 0.4) is 0 Å². The van der Waals surface area contributed by atoms with Crippen molar-refractivity contribution < 1.29 is 14.3 Å². The average Bonchev–Trinajstić information content (AvgIpc) is 2.41. The van der Waals surface area contributed by atoms with E-state index in [2.05, 4.69) is 12.2 Å². The summed E-state index contributed by atoms with van der Waals surface area (Å²) in [5, 5.41) is 3.32. The van der Waals surface area contributed by atoms with Crippen LogP contribution in [0.1, 0.15) is 25.5 Å². The van der Waals surface area contributed by atoms with Crippen LogP contribution in [0.2, 0.25) is 0 Å². The number of rotatable bonds is 3. The lowest BCUT2D eigenvalue weighted by Crippen LogP contribution is -2.42. The first-order valence-corrected chi connectivity index (χ1v) is 6.19. The zero-order valence-corrected chi connectivity index (χ0v) is 11.0. The highest BCUT2D eigenvalue weighted by atomic mass is 16.5. The molecule has 3 atom stereocenters. The summed E-state index contributed by atoms with van der Waals surface area (Å²) < 4.78 is 10.4. The van der Waals surface area contributed by atoms with Crippen molar-refractivity contribution in [3.05, 3.63) is 29.8 Å². The number of hydrogen-bond donors (Lipinski definition) is 1. The Labute approximate surface area is 107 Å². The van der Waals surface area contributed by atoms with E-state index in [0.717, 1.165) is 11.3 Å². The lowest BCUT2D eigenvalue weighted by molar-refractivity contribution is -0.143. The van der Waals surface area contributed by atoms with E-state index in [-0.39, 0.29) is 18.1 Å². The fraction of sp³-hybridized carbons (Fsp3) is 0.500. The smallest absolute Gasteiger partial charge is 0.322 e.